The van der Waals surface area contributed by atoms with E-state index in [9.17, 15) is 0 Å². The van der Waals surface area contributed by atoms with Crippen LogP contribution in [0.2, 0.25) is 0 Å². The van der Waals surface area contributed by atoms with E-state index in [4.69, 9.17) is 0 Å². The van der Waals surface area contributed by atoms with Gasteiger partial charge in [0.05, 0.1) is 4.87 Å². The van der Waals surface area contributed by atoms with E-state index < -0.39 is 0 Å². The Morgan fingerprint density at radius 3 is 2.69 bits per heavy atom. The Kier molecular flexibility index (Phi) is 2.63. The molecule has 76 valence electrons. The first-order valence-electron chi connectivity index (χ1n) is 5.57. The number of rotatable bonds is 0. The molecule has 4 atom stereocenters. The fourth-order valence-electron chi connectivity index (χ4n) is 2.80. The maximum Gasteiger partial charge on any atom is 0.0677 e. The van der Waals surface area contributed by atoms with E-state index in [1.807, 2.05) is 0 Å². The summed E-state index contributed by atoms with van der Waals surface area (Å²) in [6.07, 6.45) is 4.23. The summed E-state index contributed by atoms with van der Waals surface area (Å²) < 4.78 is 0. The lowest BCUT2D eigenvalue weighted by atomic mass is 9.77. The molecule has 1 heterocycles. The van der Waals surface area contributed by atoms with Crippen molar-refractivity contribution < 1.29 is 0 Å². The highest BCUT2D eigenvalue weighted by Gasteiger charge is 2.45. The molecule has 0 aromatic carbocycles. The summed E-state index contributed by atoms with van der Waals surface area (Å²) in [6, 6.07) is 0. The van der Waals surface area contributed by atoms with Crippen molar-refractivity contribution in [3.63, 3.8) is 0 Å². The Morgan fingerprint density at radius 2 is 2.08 bits per heavy atom. The smallest absolute Gasteiger partial charge is 0.0677 e. The predicted molar refractivity (Wildman–Crippen MR) is 60.0 cm³/mol. The lowest BCUT2D eigenvalue weighted by Crippen LogP contribution is -2.48. The van der Waals surface area contributed by atoms with Crippen LogP contribution in [0.4, 0.5) is 0 Å². The third kappa shape index (κ3) is 1.63. The first-order chi connectivity index (χ1) is 6.14. The van der Waals surface area contributed by atoms with Crippen LogP contribution < -0.4 is 5.32 Å². The third-order valence-electron chi connectivity index (χ3n) is 3.90. The highest BCUT2D eigenvalue weighted by Crippen LogP contribution is 2.48. The molecule has 2 fully saturated rings. The van der Waals surface area contributed by atoms with E-state index in [2.05, 4.69) is 37.8 Å². The lowest BCUT2D eigenvalue weighted by molar-refractivity contribution is 0.190. The van der Waals surface area contributed by atoms with Crippen LogP contribution in [0.1, 0.15) is 40.0 Å². The molecule has 4 unspecified atom stereocenters. The van der Waals surface area contributed by atoms with Gasteiger partial charge in [0.2, 0.25) is 0 Å². The standard InChI is InChI=1S/C11H21NS/c1-8-5-4-6-11(10(8)3)12-7-9(2)13-11/h8-10,12H,4-7H2,1-3H3. The van der Waals surface area contributed by atoms with Gasteiger partial charge < -0.3 is 5.32 Å². The van der Waals surface area contributed by atoms with Gasteiger partial charge in [-0.05, 0) is 18.3 Å². The summed E-state index contributed by atoms with van der Waals surface area (Å²) in [5, 5.41) is 4.58. The lowest BCUT2D eigenvalue weighted by Gasteiger charge is -2.43. The van der Waals surface area contributed by atoms with Crippen molar-refractivity contribution >= 4 is 11.8 Å². The van der Waals surface area contributed by atoms with Crippen LogP contribution >= 0.6 is 11.8 Å². The molecule has 1 aliphatic carbocycles. The van der Waals surface area contributed by atoms with Crippen LogP contribution in [0, 0.1) is 11.8 Å². The summed E-state index contributed by atoms with van der Waals surface area (Å²) >= 11 is 2.19. The molecule has 0 bridgehead atoms. The zero-order valence-corrected chi connectivity index (χ0v) is 9.79. The highest BCUT2D eigenvalue weighted by molar-refractivity contribution is 8.01. The van der Waals surface area contributed by atoms with Crippen LogP contribution in [-0.2, 0) is 0 Å². The van der Waals surface area contributed by atoms with Crippen LogP contribution in [-0.4, -0.2) is 16.7 Å². The molecule has 1 saturated carbocycles. The molecule has 0 aromatic rings. The van der Waals surface area contributed by atoms with Gasteiger partial charge in [0.1, 0.15) is 0 Å². The molecule has 13 heavy (non-hydrogen) atoms. The molecule has 1 saturated heterocycles. The van der Waals surface area contributed by atoms with Gasteiger partial charge >= 0.3 is 0 Å². The molecule has 2 rings (SSSR count). The fraction of sp³-hybridized carbons (Fsp3) is 1.00. The van der Waals surface area contributed by atoms with E-state index in [-0.39, 0.29) is 0 Å². The normalized spacial score (nSPS) is 51.5. The maximum atomic E-state index is 3.76. The van der Waals surface area contributed by atoms with Crippen molar-refractivity contribution in [2.75, 3.05) is 6.54 Å². The van der Waals surface area contributed by atoms with Crippen molar-refractivity contribution in [3.05, 3.63) is 0 Å². The molecule has 2 aliphatic rings. The Bertz CT molecular complexity index is 191. The highest BCUT2D eigenvalue weighted by atomic mass is 32.2. The molecular weight excluding hydrogens is 178 g/mol. The monoisotopic (exact) mass is 199 g/mol. The summed E-state index contributed by atoms with van der Waals surface area (Å²) in [7, 11) is 0. The van der Waals surface area contributed by atoms with E-state index in [0.717, 1.165) is 17.1 Å². The zero-order chi connectivity index (χ0) is 9.47. The average molecular weight is 199 g/mol. The molecule has 1 spiro atoms. The number of hydrogen-bond donors (Lipinski definition) is 1. The van der Waals surface area contributed by atoms with E-state index in [1.54, 1.807) is 0 Å². The van der Waals surface area contributed by atoms with Gasteiger partial charge in [-0.25, -0.2) is 0 Å². The van der Waals surface area contributed by atoms with Crippen LogP contribution in [0.3, 0.4) is 0 Å². The first kappa shape index (κ1) is 9.85. The molecule has 0 amide bonds. The van der Waals surface area contributed by atoms with Gasteiger partial charge in [-0.1, -0.05) is 33.6 Å². The molecule has 0 aromatic heterocycles. The summed E-state index contributed by atoms with van der Waals surface area (Å²) in [6.45, 7) is 8.40. The van der Waals surface area contributed by atoms with Crippen LogP contribution in [0.25, 0.3) is 0 Å². The van der Waals surface area contributed by atoms with Gasteiger partial charge in [0.25, 0.3) is 0 Å². The fourth-order valence-corrected chi connectivity index (χ4v) is 4.56. The largest absolute Gasteiger partial charge is 0.301 e. The Hall–Kier alpha value is 0.310. The molecular formula is C11H21NS. The van der Waals surface area contributed by atoms with Gasteiger partial charge in [-0.15, -0.1) is 11.8 Å². The second kappa shape index (κ2) is 3.47. The quantitative estimate of drug-likeness (QED) is 0.644. The SMILES string of the molecule is CC1CNC2(CCCC(C)C2C)S1. The summed E-state index contributed by atoms with van der Waals surface area (Å²) in [4.78, 5) is 0.442. The van der Waals surface area contributed by atoms with Crippen molar-refractivity contribution in [3.8, 4) is 0 Å². The summed E-state index contributed by atoms with van der Waals surface area (Å²) in [5.41, 5.74) is 0. The maximum absolute atomic E-state index is 3.76. The minimum Gasteiger partial charge on any atom is -0.301 e. The Balaban J connectivity index is 2.12. The van der Waals surface area contributed by atoms with Crippen molar-refractivity contribution in [1.29, 1.82) is 0 Å². The first-order valence-corrected chi connectivity index (χ1v) is 6.45. The van der Waals surface area contributed by atoms with E-state index in [1.165, 1.54) is 25.8 Å². The topological polar surface area (TPSA) is 12.0 Å². The molecule has 1 aliphatic heterocycles. The van der Waals surface area contributed by atoms with Crippen molar-refractivity contribution in [1.82, 2.24) is 5.32 Å². The van der Waals surface area contributed by atoms with Gasteiger partial charge in [-0.3, -0.25) is 0 Å². The third-order valence-corrected chi connectivity index (χ3v) is 5.61. The van der Waals surface area contributed by atoms with Crippen LogP contribution in [0.5, 0.6) is 0 Å². The molecule has 1 nitrogen and oxygen atoms in total. The van der Waals surface area contributed by atoms with Gasteiger partial charge in [-0.2, -0.15) is 0 Å². The number of thioether (sulfide) groups is 1. The number of nitrogens with one attached hydrogen (secondary N) is 1. The van der Waals surface area contributed by atoms with E-state index >= 15 is 0 Å². The Labute approximate surface area is 86.0 Å². The van der Waals surface area contributed by atoms with Crippen molar-refractivity contribution in [2.24, 2.45) is 11.8 Å². The van der Waals surface area contributed by atoms with E-state index in [0.29, 0.717) is 4.87 Å². The average Bonchev–Trinajstić information content (AvgIpc) is 2.45. The molecule has 2 heteroatoms. The van der Waals surface area contributed by atoms with Gasteiger partial charge in [0, 0.05) is 11.8 Å². The minimum absolute atomic E-state index is 0.442. The number of hydrogen-bond acceptors (Lipinski definition) is 2. The zero-order valence-electron chi connectivity index (χ0n) is 8.97. The molecule has 0 radical (unpaired) electrons. The van der Waals surface area contributed by atoms with Crippen molar-refractivity contribution in [2.45, 2.75) is 50.2 Å². The predicted octanol–water partition coefficient (Wildman–Crippen LogP) is 2.86. The minimum atomic E-state index is 0.442. The Morgan fingerprint density at radius 1 is 1.31 bits per heavy atom. The second-order valence-electron chi connectivity index (χ2n) is 4.86. The molecule has 1 N–H and O–H groups in total. The van der Waals surface area contributed by atoms with Gasteiger partial charge in [0.15, 0.2) is 0 Å². The second-order valence-corrected chi connectivity index (χ2v) is 6.63. The van der Waals surface area contributed by atoms with Crippen LogP contribution in [0.15, 0.2) is 0 Å². The summed E-state index contributed by atoms with van der Waals surface area (Å²) in [5.74, 6) is 1.75.